The van der Waals surface area contributed by atoms with Gasteiger partial charge in [-0.1, -0.05) is 13.3 Å². The zero-order chi connectivity index (χ0) is 9.14. The monoisotopic (exact) mass is 168 g/mol. The molecule has 0 saturated carbocycles. The molecule has 0 radical (unpaired) electrons. The van der Waals surface area contributed by atoms with Crippen molar-refractivity contribution < 1.29 is 14.6 Å². The van der Waals surface area contributed by atoms with E-state index < -0.39 is 5.78 Å². The lowest BCUT2D eigenvalue weighted by atomic mass is 10.2. The third kappa shape index (κ3) is 1.49. The van der Waals surface area contributed by atoms with Crippen molar-refractivity contribution in [1.82, 2.24) is 0 Å². The molecule has 0 atom stereocenters. The zero-order valence-corrected chi connectivity index (χ0v) is 7.26. The van der Waals surface area contributed by atoms with Gasteiger partial charge in [-0.3, -0.25) is 4.79 Å². The van der Waals surface area contributed by atoms with Crippen LogP contribution in [-0.2, 0) is 9.53 Å². The summed E-state index contributed by atoms with van der Waals surface area (Å²) in [6.07, 6.45) is 3.45. The number of Topliss-reactive ketones (excluding diaryl/α,β-unsaturated/α-hetero) is 1. The second-order valence-corrected chi connectivity index (χ2v) is 2.69. The maximum Gasteiger partial charge on any atom is 0.265 e. The van der Waals surface area contributed by atoms with E-state index in [2.05, 4.69) is 0 Å². The largest absolute Gasteiger partial charge is 0.502 e. The molecule has 1 rings (SSSR count). The van der Waals surface area contributed by atoms with Gasteiger partial charge in [-0.15, -0.1) is 0 Å². The molecule has 1 aliphatic heterocycles. The van der Waals surface area contributed by atoms with Crippen LogP contribution in [0.3, 0.4) is 0 Å². The fourth-order valence-electron chi connectivity index (χ4n) is 0.946. The molecular formula is C9H12O3. The summed E-state index contributed by atoms with van der Waals surface area (Å²) in [6, 6.07) is 0. The summed E-state index contributed by atoms with van der Waals surface area (Å²) < 4.78 is 5.03. The first-order chi connectivity index (χ1) is 5.66. The van der Waals surface area contributed by atoms with Crippen LogP contribution in [0.15, 0.2) is 23.4 Å². The third-order valence-corrected chi connectivity index (χ3v) is 1.65. The Balaban J connectivity index is 2.73. The van der Waals surface area contributed by atoms with Crippen LogP contribution < -0.4 is 0 Å². The number of hydrogen-bond donors (Lipinski definition) is 1. The molecule has 0 unspecified atom stereocenters. The van der Waals surface area contributed by atoms with Crippen molar-refractivity contribution in [2.24, 2.45) is 0 Å². The molecule has 1 heterocycles. The Morgan fingerprint density at radius 1 is 1.58 bits per heavy atom. The van der Waals surface area contributed by atoms with E-state index in [0.717, 1.165) is 12.8 Å². The summed E-state index contributed by atoms with van der Waals surface area (Å²) >= 11 is 0. The minimum Gasteiger partial charge on any atom is -0.502 e. The molecule has 0 saturated heterocycles. The predicted molar refractivity (Wildman–Crippen MR) is 44.4 cm³/mol. The van der Waals surface area contributed by atoms with Crippen LogP contribution in [-0.4, -0.2) is 10.9 Å². The summed E-state index contributed by atoms with van der Waals surface area (Å²) in [7, 11) is 0. The van der Waals surface area contributed by atoms with Crippen LogP contribution in [0.4, 0.5) is 0 Å². The fraction of sp³-hybridized carbons (Fsp3) is 0.444. The molecule has 1 aliphatic rings. The molecule has 0 spiro atoms. The summed E-state index contributed by atoms with van der Waals surface area (Å²) in [4.78, 5) is 11.1. The van der Waals surface area contributed by atoms with E-state index in [9.17, 15) is 4.79 Å². The van der Waals surface area contributed by atoms with Gasteiger partial charge >= 0.3 is 0 Å². The van der Waals surface area contributed by atoms with Crippen molar-refractivity contribution in [2.75, 3.05) is 0 Å². The molecule has 0 amide bonds. The molecule has 0 bridgehead atoms. The van der Waals surface area contributed by atoms with Gasteiger partial charge in [-0.25, -0.2) is 0 Å². The maximum absolute atomic E-state index is 11.1. The Bertz CT molecular complexity index is 261. The van der Waals surface area contributed by atoms with E-state index in [0.29, 0.717) is 5.76 Å². The summed E-state index contributed by atoms with van der Waals surface area (Å²) in [6.45, 7) is 3.58. The van der Waals surface area contributed by atoms with E-state index in [4.69, 9.17) is 9.84 Å². The van der Waals surface area contributed by atoms with Gasteiger partial charge in [0.1, 0.15) is 5.76 Å². The van der Waals surface area contributed by atoms with Crippen molar-refractivity contribution in [1.29, 1.82) is 0 Å². The summed E-state index contributed by atoms with van der Waals surface area (Å²) in [5, 5.41) is 9.10. The number of aliphatic hydroxyl groups is 1. The molecule has 0 aromatic carbocycles. The number of ketones is 1. The Morgan fingerprint density at radius 3 is 2.67 bits per heavy atom. The van der Waals surface area contributed by atoms with Crippen LogP contribution >= 0.6 is 0 Å². The lowest BCUT2D eigenvalue weighted by Crippen LogP contribution is -1.98. The highest BCUT2D eigenvalue weighted by atomic mass is 16.5. The Morgan fingerprint density at radius 2 is 2.25 bits per heavy atom. The molecule has 1 N–H and O–H groups in total. The van der Waals surface area contributed by atoms with Gasteiger partial charge in [0.05, 0.1) is 0 Å². The van der Waals surface area contributed by atoms with Crippen LogP contribution in [0.2, 0.25) is 0 Å². The number of allylic oxidation sites excluding steroid dienone is 2. The second-order valence-electron chi connectivity index (χ2n) is 2.69. The first kappa shape index (κ1) is 8.84. The van der Waals surface area contributed by atoms with E-state index in [1.54, 1.807) is 13.0 Å². The Kier molecular flexibility index (Phi) is 2.53. The van der Waals surface area contributed by atoms with E-state index in [1.807, 2.05) is 6.92 Å². The molecule has 3 heteroatoms. The third-order valence-electron chi connectivity index (χ3n) is 1.65. The Labute approximate surface area is 71.3 Å². The van der Waals surface area contributed by atoms with Crippen LogP contribution in [0.25, 0.3) is 0 Å². The molecular weight excluding hydrogens is 156 g/mol. The second kappa shape index (κ2) is 3.43. The lowest BCUT2D eigenvalue weighted by molar-refractivity contribution is -0.115. The normalized spacial score (nSPS) is 20.5. The molecule has 0 aromatic rings. The highest BCUT2D eigenvalue weighted by Gasteiger charge is 2.26. The van der Waals surface area contributed by atoms with Crippen molar-refractivity contribution in [3.05, 3.63) is 23.4 Å². The SMILES string of the molecule is CCC/C=C1/OC(C)=C(O)C1=O. The number of rotatable bonds is 2. The average molecular weight is 168 g/mol. The van der Waals surface area contributed by atoms with Gasteiger partial charge in [-0.2, -0.15) is 0 Å². The first-order valence-corrected chi connectivity index (χ1v) is 3.99. The van der Waals surface area contributed by atoms with Crippen molar-refractivity contribution in [3.63, 3.8) is 0 Å². The highest BCUT2D eigenvalue weighted by molar-refractivity contribution is 6.07. The fourth-order valence-corrected chi connectivity index (χ4v) is 0.946. The van der Waals surface area contributed by atoms with Gasteiger partial charge in [0.2, 0.25) is 5.76 Å². The quantitative estimate of drug-likeness (QED) is 0.642. The van der Waals surface area contributed by atoms with E-state index in [-0.39, 0.29) is 11.5 Å². The Hall–Kier alpha value is -1.25. The number of carbonyl (C=O) groups is 1. The van der Waals surface area contributed by atoms with Crippen molar-refractivity contribution >= 4 is 5.78 Å². The van der Waals surface area contributed by atoms with Crippen LogP contribution in [0.5, 0.6) is 0 Å². The van der Waals surface area contributed by atoms with Gasteiger partial charge in [-0.05, 0) is 19.4 Å². The minimum absolute atomic E-state index is 0.256. The van der Waals surface area contributed by atoms with Crippen molar-refractivity contribution in [2.45, 2.75) is 26.7 Å². The average Bonchev–Trinajstić information content (AvgIpc) is 2.30. The lowest BCUT2D eigenvalue weighted by Gasteiger charge is -1.95. The molecule has 0 aromatic heterocycles. The van der Waals surface area contributed by atoms with Gasteiger partial charge in [0.25, 0.3) is 5.78 Å². The number of aliphatic hydroxyl groups excluding tert-OH is 1. The van der Waals surface area contributed by atoms with Crippen LogP contribution in [0.1, 0.15) is 26.7 Å². The maximum atomic E-state index is 11.1. The topological polar surface area (TPSA) is 46.5 Å². The summed E-state index contributed by atoms with van der Waals surface area (Å²) in [5.41, 5.74) is 0. The van der Waals surface area contributed by atoms with E-state index in [1.165, 1.54) is 0 Å². The predicted octanol–water partition coefficient (Wildman–Crippen LogP) is 2.06. The molecule has 0 fully saturated rings. The molecule has 3 nitrogen and oxygen atoms in total. The van der Waals surface area contributed by atoms with Gasteiger partial charge in [0, 0.05) is 0 Å². The number of carbonyl (C=O) groups excluding carboxylic acids is 1. The van der Waals surface area contributed by atoms with Gasteiger partial charge in [0.15, 0.2) is 5.76 Å². The zero-order valence-electron chi connectivity index (χ0n) is 7.26. The minimum atomic E-state index is -0.402. The van der Waals surface area contributed by atoms with Crippen LogP contribution in [0, 0.1) is 0 Å². The smallest absolute Gasteiger partial charge is 0.265 e. The standard InChI is InChI=1S/C9H12O3/c1-3-4-5-7-9(11)8(10)6(2)12-7/h5,10H,3-4H2,1-2H3/b7-5+. The highest BCUT2D eigenvalue weighted by Crippen LogP contribution is 2.22. The molecule has 12 heavy (non-hydrogen) atoms. The first-order valence-electron chi connectivity index (χ1n) is 3.99. The number of hydrogen-bond acceptors (Lipinski definition) is 3. The number of ether oxygens (including phenoxy) is 1. The summed E-state index contributed by atoms with van der Waals surface area (Å²) in [5.74, 6) is -0.118. The molecule has 66 valence electrons. The number of unbranched alkanes of at least 4 members (excludes halogenated alkanes) is 1. The molecule has 0 aliphatic carbocycles. The van der Waals surface area contributed by atoms with E-state index >= 15 is 0 Å². The van der Waals surface area contributed by atoms with Gasteiger partial charge < -0.3 is 9.84 Å². The van der Waals surface area contributed by atoms with Crippen molar-refractivity contribution in [3.8, 4) is 0 Å².